The number of para-hydroxylation sites is 1. The van der Waals surface area contributed by atoms with E-state index in [4.69, 9.17) is 9.47 Å². The van der Waals surface area contributed by atoms with Crippen molar-refractivity contribution in [3.05, 3.63) is 66.4 Å². The van der Waals surface area contributed by atoms with Gasteiger partial charge in [0.2, 0.25) is 0 Å². The molecule has 5 nitrogen and oxygen atoms in total. The van der Waals surface area contributed by atoms with Gasteiger partial charge in [0.15, 0.2) is 6.61 Å². The molecule has 0 radical (unpaired) electrons. The van der Waals surface area contributed by atoms with E-state index >= 15 is 0 Å². The monoisotopic (exact) mass is 336 g/mol. The summed E-state index contributed by atoms with van der Waals surface area (Å²) in [5.41, 5.74) is 1.75. The molecule has 2 aromatic carbocycles. The Kier molecular flexibility index (Phi) is 5.14. The normalized spacial score (nSPS) is 11.8. The lowest BCUT2D eigenvalue weighted by Gasteiger charge is -2.15. The third-order valence-corrected chi connectivity index (χ3v) is 3.95. The molecule has 3 aromatic rings. The van der Waals surface area contributed by atoms with Crippen LogP contribution in [0.3, 0.4) is 0 Å². The Balaban J connectivity index is 1.60. The molecule has 0 spiro atoms. The van der Waals surface area contributed by atoms with Crippen LogP contribution in [0, 0.1) is 0 Å². The van der Waals surface area contributed by atoms with E-state index < -0.39 is 0 Å². The minimum Gasteiger partial charge on any atom is -0.497 e. The number of carbonyl (C=O) groups excluding carboxylic acids is 1. The molecule has 0 aliphatic rings. The number of methoxy groups -OCH3 is 1. The van der Waals surface area contributed by atoms with Gasteiger partial charge in [0.05, 0.1) is 13.2 Å². The van der Waals surface area contributed by atoms with Gasteiger partial charge >= 0.3 is 0 Å². The van der Waals surface area contributed by atoms with Gasteiger partial charge in [-0.25, -0.2) is 0 Å². The van der Waals surface area contributed by atoms with Gasteiger partial charge in [-0.1, -0.05) is 30.3 Å². The molecule has 3 rings (SSSR count). The SMILES string of the molecule is COc1ccc([C@@H](C)NC(=O)COc2cccc3cccnc23)cc1. The first-order valence-corrected chi connectivity index (χ1v) is 8.07. The zero-order chi connectivity index (χ0) is 17.6. The summed E-state index contributed by atoms with van der Waals surface area (Å²) in [6.07, 6.45) is 1.71. The second-order valence-corrected chi connectivity index (χ2v) is 5.68. The average molecular weight is 336 g/mol. The van der Waals surface area contributed by atoms with Crippen molar-refractivity contribution in [2.75, 3.05) is 13.7 Å². The van der Waals surface area contributed by atoms with E-state index in [0.717, 1.165) is 22.2 Å². The van der Waals surface area contributed by atoms with Crippen LogP contribution >= 0.6 is 0 Å². The van der Waals surface area contributed by atoms with Gasteiger partial charge in [0, 0.05) is 11.6 Å². The summed E-state index contributed by atoms with van der Waals surface area (Å²) in [6, 6.07) is 17.0. The molecular formula is C20H20N2O3. The van der Waals surface area contributed by atoms with Crippen LogP contribution < -0.4 is 14.8 Å². The van der Waals surface area contributed by atoms with E-state index in [-0.39, 0.29) is 18.6 Å². The van der Waals surface area contributed by atoms with Crippen LogP contribution in [0.5, 0.6) is 11.5 Å². The van der Waals surface area contributed by atoms with E-state index in [1.807, 2.05) is 61.5 Å². The zero-order valence-electron chi connectivity index (χ0n) is 14.2. The largest absolute Gasteiger partial charge is 0.497 e. The van der Waals surface area contributed by atoms with Crippen LogP contribution in [-0.4, -0.2) is 24.6 Å². The fraction of sp³-hybridized carbons (Fsp3) is 0.200. The molecule has 0 bridgehead atoms. The van der Waals surface area contributed by atoms with Gasteiger partial charge < -0.3 is 14.8 Å². The number of hydrogen-bond donors (Lipinski definition) is 1. The number of carbonyl (C=O) groups is 1. The second-order valence-electron chi connectivity index (χ2n) is 5.68. The highest BCUT2D eigenvalue weighted by molar-refractivity contribution is 5.85. The number of aromatic nitrogens is 1. The maximum Gasteiger partial charge on any atom is 0.258 e. The van der Waals surface area contributed by atoms with Crippen LogP contribution in [0.25, 0.3) is 10.9 Å². The number of pyridine rings is 1. The lowest BCUT2D eigenvalue weighted by molar-refractivity contribution is -0.123. The number of rotatable bonds is 6. The Morgan fingerprint density at radius 2 is 1.88 bits per heavy atom. The van der Waals surface area contributed by atoms with E-state index in [0.29, 0.717) is 5.75 Å². The predicted molar refractivity (Wildman–Crippen MR) is 96.8 cm³/mol. The first-order valence-electron chi connectivity index (χ1n) is 8.07. The smallest absolute Gasteiger partial charge is 0.258 e. The highest BCUT2D eigenvalue weighted by atomic mass is 16.5. The lowest BCUT2D eigenvalue weighted by Crippen LogP contribution is -2.31. The van der Waals surface area contributed by atoms with Gasteiger partial charge in [-0.15, -0.1) is 0 Å². The molecule has 128 valence electrons. The molecule has 5 heteroatoms. The summed E-state index contributed by atoms with van der Waals surface area (Å²) in [5, 5.41) is 3.91. The molecule has 0 saturated carbocycles. The zero-order valence-corrected chi connectivity index (χ0v) is 14.2. The molecule has 0 fully saturated rings. The minimum atomic E-state index is -0.184. The van der Waals surface area contributed by atoms with Crippen molar-refractivity contribution in [2.45, 2.75) is 13.0 Å². The van der Waals surface area contributed by atoms with Crippen molar-refractivity contribution >= 4 is 16.8 Å². The third-order valence-electron chi connectivity index (χ3n) is 3.95. The molecule has 25 heavy (non-hydrogen) atoms. The van der Waals surface area contributed by atoms with E-state index in [1.165, 1.54) is 0 Å². The molecule has 1 atom stereocenters. The maximum atomic E-state index is 12.2. The molecule has 1 N–H and O–H groups in total. The van der Waals surface area contributed by atoms with E-state index in [2.05, 4.69) is 10.3 Å². The molecule has 0 aliphatic carbocycles. The van der Waals surface area contributed by atoms with Gasteiger partial charge in [-0.3, -0.25) is 9.78 Å². The summed E-state index contributed by atoms with van der Waals surface area (Å²) in [7, 11) is 1.62. The van der Waals surface area contributed by atoms with Crippen LogP contribution in [0.2, 0.25) is 0 Å². The number of nitrogens with zero attached hydrogens (tertiary/aromatic N) is 1. The topological polar surface area (TPSA) is 60.5 Å². The molecule has 0 saturated heterocycles. The summed E-state index contributed by atoms with van der Waals surface area (Å²) in [5.74, 6) is 1.20. The fourth-order valence-electron chi connectivity index (χ4n) is 2.60. The Hall–Kier alpha value is -3.08. The van der Waals surface area contributed by atoms with Crippen LogP contribution in [0.15, 0.2) is 60.8 Å². The average Bonchev–Trinajstić information content (AvgIpc) is 2.66. The Labute approximate surface area is 146 Å². The quantitative estimate of drug-likeness (QED) is 0.748. The van der Waals surface area contributed by atoms with Crippen molar-refractivity contribution in [3.63, 3.8) is 0 Å². The van der Waals surface area contributed by atoms with Crippen molar-refractivity contribution in [1.82, 2.24) is 10.3 Å². The van der Waals surface area contributed by atoms with E-state index in [9.17, 15) is 4.79 Å². The highest BCUT2D eigenvalue weighted by Crippen LogP contribution is 2.23. The number of benzene rings is 2. The van der Waals surface area contributed by atoms with Crippen molar-refractivity contribution < 1.29 is 14.3 Å². The van der Waals surface area contributed by atoms with Gasteiger partial charge in [0.1, 0.15) is 17.0 Å². The van der Waals surface area contributed by atoms with Crippen molar-refractivity contribution in [1.29, 1.82) is 0 Å². The molecule has 0 aliphatic heterocycles. The van der Waals surface area contributed by atoms with Gasteiger partial charge in [-0.2, -0.15) is 0 Å². The fourth-order valence-corrected chi connectivity index (χ4v) is 2.60. The van der Waals surface area contributed by atoms with Crippen LogP contribution in [0.4, 0.5) is 0 Å². The Bertz CT molecular complexity index is 857. The van der Waals surface area contributed by atoms with Crippen molar-refractivity contribution in [3.8, 4) is 11.5 Å². The van der Waals surface area contributed by atoms with Crippen LogP contribution in [-0.2, 0) is 4.79 Å². The standard InChI is InChI=1S/C20H20N2O3/c1-14(15-8-10-17(24-2)11-9-15)22-19(23)13-25-18-7-3-5-16-6-4-12-21-20(16)18/h3-12,14H,13H2,1-2H3,(H,22,23)/t14-/m1/s1. The van der Waals surface area contributed by atoms with Crippen molar-refractivity contribution in [2.24, 2.45) is 0 Å². The minimum absolute atomic E-state index is 0.0593. The number of amides is 1. The molecule has 1 heterocycles. The molecule has 1 amide bonds. The summed E-state index contributed by atoms with van der Waals surface area (Å²) < 4.78 is 10.8. The summed E-state index contributed by atoms with van der Waals surface area (Å²) >= 11 is 0. The second kappa shape index (κ2) is 7.66. The molecular weight excluding hydrogens is 316 g/mol. The third kappa shape index (κ3) is 4.07. The van der Waals surface area contributed by atoms with Gasteiger partial charge in [0.25, 0.3) is 5.91 Å². The maximum absolute atomic E-state index is 12.2. The number of fused-ring (bicyclic) bond motifs is 1. The number of ether oxygens (including phenoxy) is 2. The predicted octanol–water partition coefficient (Wildman–Crippen LogP) is 3.50. The van der Waals surface area contributed by atoms with Gasteiger partial charge in [-0.05, 0) is 36.8 Å². The van der Waals surface area contributed by atoms with E-state index in [1.54, 1.807) is 13.3 Å². The number of nitrogens with one attached hydrogen (secondary N) is 1. The lowest BCUT2D eigenvalue weighted by atomic mass is 10.1. The summed E-state index contributed by atoms with van der Waals surface area (Å²) in [4.78, 5) is 16.5. The number of hydrogen-bond acceptors (Lipinski definition) is 4. The molecule has 0 unspecified atom stereocenters. The highest BCUT2D eigenvalue weighted by Gasteiger charge is 2.11. The Morgan fingerprint density at radius 3 is 2.64 bits per heavy atom. The first-order chi connectivity index (χ1) is 12.2. The Morgan fingerprint density at radius 1 is 1.12 bits per heavy atom. The molecule has 1 aromatic heterocycles. The van der Waals surface area contributed by atoms with Crippen LogP contribution in [0.1, 0.15) is 18.5 Å². The summed E-state index contributed by atoms with van der Waals surface area (Å²) in [6.45, 7) is 1.87. The first kappa shape index (κ1) is 16.8.